The average Bonchev–Trinajstić information content (AvgIpc) is 3.04. The summed E-state index contributed by atoms with van der Waals surface area (Å²) >= 11 is 0. The summed E-state index contributed by atoms with van der Waals surface area (Å²) in [5.41, 5.74) is 1.71. The summed E-state index contributed by atoms with van der Waals surface area (Å²) in [7, 11) is 2.78. The zero-order valence-corrected chi connectivity index (χ0v) is 27.2. The van der Waals surface area contributed by atoms with Crippen LogP contribution >= 0.6 is 0 Å². The van der Waals surface area contributed by atoms with Crippen molar-refractivity contribution in [1.29, 1.82) is 0 Å². The Balaban J connectivity index is 2.02. The van der Waals surface area contributed by atoms with Gasteiger partial charge in [-0.15, -0.1) is 0 Å². The van der Waals surface area contributed by atoms with E-state index in [1.807, 2.05) is 68.4 Å². The molecule has 4 N–H and O–H groups in total. The molecule has 11 heteroatoms. The predicted octanol–water partition coefficient (Wildman–Crippen LogP) is 3.89. The van der Waals surface area contributed by atoms with Gasteiger partial charge < -0.3 is 30.2 Å². The van der Waals surface area contributed by atoms with Crippen molar-refractivity contribution < 1.29 is 33.4 Å². The van der Waals surface area contributed by atoms with Gasteiger partial charge in [0.2, 0.25) is 11.8 Å². The third-order valence-corrected chi connectivity index (χ3v) is 7.09. The largest absolute Gasteiger partial charge is 0.494 e. The first-order valence-electron chi connectivity index (χ1n) is 15.7. The number of amides is 3. The molecule has 0 spiro atoms. The molecule has 0 saturated carbocycles. The van der Waals surface area contributed by atoms with Gasteiger partial charge >= 0.3 is 12.1 Å². The molecule has 0 aromatic heterocycles. The SMILES string of the molecule is CCCCCOc1ccc(C[C@H](NC(=O)[C@H](CC(C)C)N[C@H](CCNC(=O)OCc2ccccc2)C(=O)OC)C(=O)NC)cc1. The van der Waals surface area contributed by atoms with Crippen molar-refractivity contribution in [2.45, 2.75) is 84.0 Å². The van der Waals surface area contributed by atoms with Crippen LogP contribution < -0.4 is 26.0 Å². The molecule has 0 unspecified atom stereocenters. The van der Waals surface area contributed by atoms with Gasteiger partial charge in [0.25, 0.3) is 0 Å². The normalized spacial score (nSPS) is 12.8. The highest BCUT2D eigenvalue weighted by Gasteiger charge is 2.30. The molecule has 11 nitrogen and oxygen atoms in total. The van der Waals surface area contributed by atoms with Crippen molar-refractivity contribution >= 4 is 23.9 Å². The number of benzene rings is 2. The second kappa shape index (κ2) is 20.8. The number of ether oxygens (including phenoxy) is 3. The first-order valence-corrected chi connectivity index (χ1v) is 15.7. The third kappa shape index (κ3) is 14.5. The van der Waals surface area contributed by atoms with E-state index in [9.17, 15) is 19.2 Å². The first-order chi connectivity index (χ1) is 21.7. The van der Waals surface area contributed by atoms with Crippen LogP contribution in [-0.2, 0) is 36.9 Å². The molecule has 2 rings (SSSR count). The lowest BCUT2D eigenvalue weighted by Gasteiger charge is -2.27. The number of esters is 1. The number of hydrogen-bond acceptors (Lipinski definition) is 8. The number of rotatable bonds is 20. The number of likely N-dealkylation sites (N-methyl/N-ethyl adjacent to an activating group) is 1. The van der Waals surface area contributed by atoms with Crippen molar-refractivity contribution in [2.24, 2.45) is 5.92 Å². The number of nitrogens with one attached hydrogen (secondary N) is 4. The van der Waals surface area contributed by atoms with Gasteiger partial charge in [0.15, 0.2) is 0 Å². The number of hydrogen-bond donors (Lipinski definition) is 4. The molecule has 0 heterocycles. The summed E-state index contributed by atoms with van der Waals surface area (Å²) in [5.74, 6) is -0.479. The molecule has 0 radical (unpaired) electrons. The minimum absolute atomic E-state index is 0.0981. The quantitative estimate of drug-likeness (QED) is 0.128. The summed E-state index contributed by atoms with van der Waals surface area (Å²) in [5, 5.41) is 11.2. The van der Waals surface area contributed by atoms with Crippen molar-refractivity contribution in [1.82, 2.24) is 21.3 Å². The molecule has 3 atom stereocenters. The molecule has 0 saturated heterocycles. The monoisotopic (exact) mass is 626 g/mol. The van der Waals surface area contributed by atoms with Crippen LogP contribution in [0.15, 0.2) is 54.6 Å². The lowest BCUT2D eigenvalue weighted by molar-refractivity contribution is -0.144. The van der Waals surface area contributed by atoms with Gasteiger partial charge in [-0.05, 0) is 48.4 Å². The van der Waals surface area contributed by atoms with E-state index in [0.717, 1.165) is 36.1 Å². The maximum absolute atomic E-state index is 13.6. The van der Waals surface area contributed by atoms with Gasteiger partial charge in [-0.25, -0.2) is 4.79 Å². The second-order valence-electron chi connectivity index (χ2n) is 11.3. The molecule has 2 aromatic carbocycles. The molecule has 0 bridgehead atoms. The molecule has 45 heavy (non-hydrogen) atoms. The highest BCUT2D eigenvalue weighted by molar-refractivity contribution is 5.90. The molecular weight excluding hydrogens is 576 g/mol. The van der Waals surface area contributed by atoms with Crippen LogP contribution in [0.1, 0.15) is 64.0 Å². The minimum atomic E-state index is -0.887. The van der Waals surface area contributed by atoms with Crippen molar-refractivity contribution in [3.8, 4) is 5.75 Å². The van der Waals surface area contributed by atoms with Gasteiger partial charge in [0, 0.05) is 20.0 Å². The Kier molecular flexibility index (Phi) is 17.1. The Labute approximate surface area is 267 Å². The van der Waals surface area contributed by atoms with E-state index in [1.54, 1.807) is 0 Å². The van der Waals surface area contributed by atoms with Gasteiger partial charge in [-0.3, -0.25) is 19.7 Å². The van der Waals surface area contributed by atoms with Crippen molar-refractivity contribution in [2.75, 3.05) is 27.3 Å². The Morgan fingerprint density at radius 1 is 0.844 bits per heavy atom. The van der Waals surface area contributed by atoms with E-state index in [1.165, 1.54) is 14.2 Å². The van der Waals surface area contributed by atoms with E-state index in [0.29, 0.717) is 13.0 Å². The highest BCUT2D eigenvalue weighted by Crippen LogP contribution is 2.15. The maximum atomic E-state index is 13.6. The van der Waals surface area contributed by atoms with E-state index < -0.39 is 36.1 Å². The van der Waals surface area contributed by atoms with Gasteiger partial charge in [-0.1, -0.05) is 76.1 Å². The number of methoxy groups -OCH3 is 1. The molecule has 0 aliphatic carbocycles. The Hall–Kier alpha value is -4.12. The summed E-state index contributed by atoms with van der Waals surface area (Å²) in [6.07, 6.45) is 3.42. The van der Waals surface area contributed by atoms with E-state index >= 15 is 0 Å². The van der Waals surface area contributed by atoms with Crippen molar-refractivity contribution in [3.05, 3.63) is 65.7 Å². The fourth-order valence-electron chi connectivity index (χ4n) is 4.62. The first kappa shape index (κ1) is 37.1. The minimum Gasteiger partial charge on any atom is -0.494 e. The zero-order chi connectivity index (χ0) is 33.0. The topological polar surface area (TPSA) is 144 Å². The molecule has 3 amide bonds. The fourth-order valence-corrected chi connectivity index (χ4v) is 4.62. The molecule has 248 valence electrons. The lowest BCUT2D eigenvalue weighted by Crippen LogP contribution is -2.56. The second-order valence-corrected chi connectivity index (χ2v) is 11.3. The third-order valence-electron chi connectivity index (χ3n) is 7.09. The van der Waals surface area contributed by atoms with Gasteiger partial charge in [-0.2, -0.15) is 0 Å². The zero-order valence-electron chi connectivity index (χ0n) is 27.2. The predicted molar refractivity (Wildman–Crippen MR) is 173 cm³/mol. The Morgan fingerprint density at radius 2 is 1.56 bits per heavy atom. The van der Waals surface area contributed by atoms with Crippen LogP contribution in [0.3, 0.4) is 0 Å². The van der Waals surface area contributed by atoms with Gasteiger partial charge in [0.1, 0.15) is 24.4 Å². The number of unbranched alkanes of at least 4 members (excludes halogenated alkanes) is 2. The van der Waals surface area contributed by atoms with Crippen LogP contribution in [-0.4, -0.2) is 69.3 Å². The molecule has 0 aliphatic heterocycles. The number of carbonyl (C=O) groups is 4. The van der Waals surface area contributed by atoms with Crippen LogP contribution in [0, 0.1) is 5.92 Å². The van der Waals surface area contributed by atoms with Crippen molar-refractivity contribution in [3.63, 3.8) is 0 Å². The molecule has 0 fully saturated rings. The summed E-state index contributed by atoms with van der Waals surface area (Å²) in [4.78, 5) is 51.2. The summed E-state index contributed by atoms with van der Waals surface area (Å²) in [6.45, 7) is 6.93. The van der Waals surface area contributed by atoms with Crippen LogP contribution in [0.25, 0.3) is 0 Å². The maximum Gasteiger partial charge on any atom is 0.407 e. The average molecular weight is 627 g/mol. The summed E-state index contributed by atoms with van der Waals surface area (Å²) in [6, 6.07) is 14.2. The number of alkyl carbamates (subject to hydrolysis) is 1. The Morgan fingerprint density at radius 3 is 2.18 bits per heavy atom. The summed E-state index contributed by atoms with van der Waals surface area (Å²) < 4.78 is 16.0. The Bertz CT molecular complexity index is 1170. The lowest BCUT2D eigenvalue weighted by atomic mass is 10.00. The number of carbonyl (C=O) groups excluding carboxylic acids is 4. The fraction of sp³-hybridized carbons (Fsp3) is 0.529. The smallest absolute Gasteiger partial charge is 0.407 e. The van der Waals surface area contributed by atoms with Gasteiger partial charge in [0.05, 0.1) is 19.8 Å². The standard InChI is InChI=1S/C34H50N4O7/c1-6-7-11-20-44-27-16-14-25(15-17-27)22-30(31(39)35-4)38-32(40)29(21-24(2)3)37-28(33(41)43-5)18-19-36-34(42)45-23-26-12-9-8-10-13-26/h8-10,12-17,24,28-30,37H,6-7,11,18-23H2,1-5H3,(H,35,39)(H,36,42)(H,38,40)/t28-,29+,30+/m1/s1. The van der Waals surface area contributed by atoms with E-state index in [-0.39, 0.29) is 37.8 Å². The van der Waals surface area contributed by atoms with E-state index in [2.05, 4.69) is 28.2 Å². The van der Waals surface area contributed by atoms with Crippen LogP contribution in [0.5, 0.6) is 5.75 Å². The molecule has 0 aliphatic rings. The van der Waals surface area contributed by atoms with Crippen LogP contribution in [0.4, 0.5) is 4.79 Å². The molecular formula is C34H50N4O7. The molecule has 2 aromatic rings. The highest BCUT2D eigenvalue weighted by atomic mass is 16.5. The van der Waals surface area contributed by atoms with Crippen LogP contribution in [0.2, 0.25) is 0 Å². The van der Waals surface area contributed by atoms with E-state index in [4.69, 9.17) is 14.2 Å².